The van der Waals surface area contributed by atoms with E-state index < -0.39 is 31.9 Å². The molecule has 0 saturated carbocycles. The van der Waals surface area contributed by atoms with E-state index in [1.54, 1.807) is 12.1 Å². The molecule has 1 amide bonds. The van der Waals surface area contributed by atoms with Gasteiger partial charge in [-0.05, 0) is 31.5 Å². The first-order valence-electron chi connectivity index (χ1n) is 8.75. The van der Waals surface area contributed by atoms with Crippen LogP contribution in [-0.2, 0) is 21.2 Å². The van der Waals surface area contributed by atoms with Crippen molar-refractivity contribution in [1.29, 1.82) is 0 Å². The fraction of sp³-hybridized carbons (Fsp3) is 0.368. The third-order valence-electron chi connectivity index (χ3n) is 5.00. The van der Waals surface area contributed by atoms with Gasteiger partial charge in [0.05, 0.1) is 14.2 Å². The maximum absolute atomic E-state index is 14.9. The number of methoxy groups -OCH3 is 2. The Morgan fingerprint density at radius 2 is 1.90 bits per heavy atom. The SMILES string of the molecule is COc1ccc(OC)c(-c2cc(=O)n(CCC(C)(C(=O)NO)S(C)(=O)=O)cc2F)c1. The van der Waals surface area contributed by atoms with Crippen molar-refractivity contribution < 1.29 is 32.3 Å². The van der Waals surface area contributed by atoms with Crippen LogP contribution in [0.15, 0.2) is 35.3 Å². The Morgan fingerprint density at radius 1 is 1.23 bits per heavy atom. The highest BCUT2D eigenvalue weighted by Crippen LogP contribution is 2.34. The molecule has 1 aromatic heterocycles. The molecule has 0 saturated heterocycles. The van der Waals surface area contributed by atoms with E-state index in [1.165, 1.54) is 25.8 Å². The summed E-state index contributed by atoms with van der Waals surface area (Å²) < 4.78 is 48.2. The van der Waals surface area contributed by atoms with E-state index in [9.17, 15) is 22.4 Å². The zero-order valence-corrected chi connectivity index (χ0v) is 17.7. The molecule has 164 valence electrons. The smallest absolute Gasteiger partial charge is 0.264 e. The van der Waals surface area contributed by atoms with Gasteiger partial charge < -0.3 is 14.0 Å². The number of ether oxygens (including phenoxy) is 2. The number of rotatable bonds is 8. The Balaban J connectivity index is 2.45. The first-order chi connectivity index (χ1) is 14.0. The number of pyridine rings is 1. The van der Waals surface area contributed by atoms with E-state index >= 15 is 0 Å². The fourth-order valence-corrected chi connectivity index (χ4v) is 3.71. The lowest BCUT2D eigenvalue weighted by Gasteiger charge is -2.25. The second kappa shape index (κ2) is 8.84. The summed E-state index contributed by atoms with van der Waals surface area (Å²) in [5, 5.41) is 8.87. The van der Waals surface area contributed by atoms with Gasteiger partial charge in [0.15, 0.2) is 14.6 Å². The lowest BCUT2D eigenvalue weighted by molar-refractivity contribution is -0.131. The molecular formula is C19H23FN2O7S. The molecule has 9 nitrogen and oxygen atoms in total. The molecule has 0 aliphatic rings. The number of halogens is 1. The summed E-state index contributed by atoms with van der Waals surface area (Å²) in [4.78, 5) is 24.4. The minimum absolute atomic E-state index is 0.0222. The summed E-state index contributed by atoms with van der Waals surface area (Å²) in [6.07, 6.45) is 1.40. The first-order valence-corrected chi connectivity index (χ1v) is 10.6. The molecule has 1 aromatic carbocycles. The Hall–Kier alpha value is -2.92. The van der Waals surface area contributed by atoms with Gasteiger partial charge >= 0.3 is 0 Å². The number of hydrogen-bond donors (Lipinski definition) is 2. The molecule has 0 spiro atoms. The van der Waals surface area contributed by atoms with Crippen LogP contribution < -0.4 is 20.5 Å². The van der Waals surface area contributed by atoms with Crippen molar-refractivity contribution in [2.24, 2.45) is 0 Å². The Morgan fingerprint density at radius 3 is 2.43 bits per heavy atom. The topological polar surface area (TPSA) is 124 Å². The zero-order valence-electron chi connectivity index (χ0n) is 16.9. The average molecular weight is 442 g/mol. The summed E-state index contributed by atoms with van der Waals surface area (Å²) in [5.41, 5.74) is 0.991. The number of carbonyl (C=O) groups excluding carboxylic acids is 1. The van der Waals surface area contributed by atoms with Gasteiger partial charge in [-0.25, -0.2) is 18.3 Å². The molecule has 0 radical (unpaired) electrons. The molecule has 0 aliphatic heterocycles. The van der Waals surface area contributed by atoms with Gasteiger partial charge in [-0.15, -0.1) is 0 Å². The van der Waals surface area contributed by atoms with Crippen molar-refractivity contribution in [3.8, 4) is 22.6 Å². The van der Waals surface area contributed by atoms with Crippen molar-refractivity contribution in [2.75, 3.05) is 20.5 Å². The monoisotopic (exact) mass is 442 g/mol. The number of aromatic nitrogens is 1. The molecule has 1 atom stereocenters. The third-order valence-corrected chi connectivity index (χ3v) is 7.03. The summed E-state index contributed by atoms with van der Waals surface area (Å²) in [5.74, 6) is -1.13. The van der Waals surface area contributed by atoms with Crippen LogP contribution in [0.3, 0.4) is 0 Å². The van der Waals surface area contributed by atoms with E-state index in [0.29, 0.717) is 17.1 Å². The van der Waals surface area contributed by atoms with Crippen molar-refractivity contribution in [3.05, 3.63) is 46.6 Å². The van der Waals surface area contributed by atoms with Crippen LogP contribution in [0.5, 0.6) is 11.5 Å². The number of sulfone groups is 1. The Kier molecular flexibility index (Phi) is 6.88. The Labute approximate surface area is 172 Å². The maximum Gasteiger partial charge on any atom is 0.264 e. The van der Waals surface area contributed by atoms with Gasteiger partial charge in [0.2, 0.25) is 0 Å². The van der Waals surface area contributed by atoms with Gasteiger partial charge in [-0.2, -0.15) is 0 Å². The van der Waals surface area contributed by atoms with E-state index in [1.807, 2.05) is 0 Å². The molecule has 2 rings (SSSR count). The second-order valence-electron chi connectivity index (χ2n) is 6.83. The Bertz CT molecular complexity index is 1110. The summed E-state index contributed by atoms with van der Waals surface area (Å²) in [7, 11) is -1.10. The lowest BCUT2D eigenvalue weighted by Crippen LogP contribution is -2.50. The van der Waals surface area contributed by atoms with Crippen molar-refractivity contribution in [3.63, 3.8) is 0 Å². The molecular weight excluding hydrogens is 419 g/mol. The van der Waals surface area contributed by atoms with Crippen LogP contribution in [0.2, 0.25) is 0 Å². The van der Waals surface area contributed by atoms with E-state index in [2.05, 4.69) is 0 Å². The number of hydrogen-bond acceptors (Lipinski definition) is 7. The van der Waals surface area contributed by atoms with E-state index in [-0.39, 0.29) is 18.5 Å². The molecule has 2 aromatic rings. The molecule has 1 unspecified atom stereocenters. The number of benzene rings is 1. The quantitative estimate of drug-likeness (QED) is 0.467. The molecule has 1 heterocycles. The highest BCUT2D eigenvalue weighted by Gasteiger charge is 2.43. The van der Waals surface area contributed by atoms with Crippen LogP contribution in [0.25, 0.3) is 11.1 Å². The van der Waals surface area contributed by atoms with Crippen LogP contribution in [0.1, 0.15) is 13.3 Å². The lowest BCUT2D eigenvalue weighted by atomic mass is 10.0. The average Bonchev–Trinajstić information content (AvgIpc) is 2.71. The van der Waals surface area contributed by atoms with E-state index in [4.69, 9.17) is 14.7 Å². The second-order valence-corrected chi connectivity index (χ2v) is 9.27. The number of hydroxylamine groups is 1. The number of nitrogens with zero attached hydrogens (tertiary/aromatic N) is 1. The number of nitrogens with one attached hydrogen (secondary N) is 1. The highest BCUT2D eigenvalue weighted by molar-refractivity contribution is 7.92. The predicted molar refractivity (Wildman–Crippen MR) is 107 cm³/mol. The van der Waals surface area contributed by atoms with Crippen molar-refractivity contribution in [2.45, 2.75) is 24.6 Å². The molecule has 0 aliphatic carbocycles. The van der Waals surface area contributed by atoms with Gasteiger partial charge in [0, 0.05) is 36.2 Å². The first kappa shape index (κ1) is 23.4. The summed E-state index contributed by atoms with van der Waals surface area (Å²) >= 11 is 0. The van der Waals surface area contributed by atoms with Crippen LogP contribution in [-0.4, -0.2) is 49.3 Å². The zero-order chi connectivity index (χ0) is 22.7. The van der Waals surface area contributed by atoms with Crippen molar-refractivity contribution in [1.82, 2.24) is 10.0 Å². The van der Waals surface area contributed by atoms with Crippen LogP contribution in [0, 0.1) is 5.82 Å². The van der Waals surface area contributed by atoms with Crippen LogP contribution in [0.4, 0.5) is 4.39 Å². The standard InChI is InChI=1S/C19H23FN2O7S/c1-19(18(24)21-25,30(4,26)27)7-8-22-11-15(20)13(10-17(22)23)14-9-12(28-2)5-6-16(14)29-3/h5-6,9-11,25H,7-8H2,1-4H3,(H,21,24). The highest BCUT2D eigenvalue weighted by atomic mass is 32.2. The van der Waals surface area contributed by atoms with Crippen molar-refractivity contribution >= 4 is 15.7 Å². The number of amides is 1. The maximum atomic E-state index is 14.9. The minimum Gasteiger partial charge on any atom is -0.497 e. The van der Waals surface area contributed by atoms with Crippen LogP contribution >= 0.6 is 0 Å². The number of aryl methyl sites for hydroxylation is 1. The summed E-state index contributed by atoms with van der Waals surface area (Å²) in [6.45, 7) is 0.840. The van der Waals surface area contributed by atoms with Gasteiger partial charge in [-0.3, -0.25) is 14.8 Å². The van der Waals surface area contributed by atoms with Gasteiger partial charge in [-0.1, -0.05) is 0 Å². The molecule has 11 heteroatoms. The molecule has 30 heavy (non-hydrogen) atoms. The fourth-order valence-electron chi connectivity index (χ4n) is 2.87. The predicted octanol–water partition coefficient (Wildman–Crippen LogP) is 1.37. The number of carbonyl (C=O) groups is 1. The summed E-state index contributed by atoms with van der Waals surface area (Å²) in [6, 6.07) is 5.77. The minimum atomic E-state index is -3.95. The van der Waals surface area contributed by atoms with E-state index in [0.717, 1.165) is 30.0 Å². The largest absolute Gasteiger partial charge is 0.497 e. The van der Waals surface area contributed by atoms with Gasteiger partial charge in [0.1, 0.15) is 17.3 Å². The molecule has 0 fully saturated rings. The molecule has 0 bridgehead atoms. The van der Waals surface area contributed by atoms with Gasteiger partial charge in [0.25, 0.3) is 11.5 Å². The normalized spacial score (nSPS) is 13.4. The third kappa shape index (κ3) is 4.46. The molecule has 2 N–H and O–H groups in total.